The number of ether oxygens (including phenoxy) is 3. The molecule has 0 aliphatic rings. The molecule has 63 heavy (non-hydrogen) atoms. The second-order valence-corrected chi connectivity index (χ2v) is 16.9. The largest absolute Gasteiger partial charge is 0.462 e. The highest BCUT2D eigenvalue weighted by molar-refractivity contribution is 5.71. The van der Waals surface area contributed by atoms with Crippen molar-refractivity contribution in [1.82, 2.24) is 0 Å². The molecular formula is C57H94O6. The van der Waals surface area contributed by atoms with Crippen molar-refractivity contribution in [2.45, 2.75) is 232 Å². The van der Waals surface area contributed by atoms with Crippen LogP contribution in [0.3, 0.4) is 0 Å². The second kappa shape index (κ2) is 51.0. The first kappa shape index (κ1) is 59.3. The van der Waals surface area contributed by atoms with E-state index in [2.05, 4.69) is 57.2 Å². The van der Waals surface area contributed by atoms with E-state index in [1.54, 1.807) is 0 Å². The van der Waals surface area contributed by atoms with Gasteiger partial charge in [-0.3, -0.25) is 14.4 Å². The predicted octanol–water partition coefficient (Wildman–Crippen LogP) is 17.0. The van der Waals surface area contributed by atoms with Gasteiger partial charge in [0.2, 0.25) is 0 Å². The number of allylic oxidation sites excluding steroid dienone is 16. The van der Waals surface area contributed by atoms with E-state index >= 15 is 0 Å². The molecule has 0 N–H and O–H groups in total. The first-order valence-electron chi connectivity index (χ1n) is 25.8. The quantitative estimate of drug-likeness (QED) is 0.0262. The Kier molecular flexibility index (Phi) is 48.0. The minimum atomic E-state index is -0.805. The van der Waals surface area contributed by atoms with Crippen molar-refractivity contribution in [1.29, 1.82) is 0 Å². The van der Waals surface area contributed by atoms with Gasteiger partial charge in [0.1, 0.15) is 13.2 Å². The van der Waals surface area contributed by atoms with Crippen LogP contribution in [0, 0.1) is 0 Å². The SMILES string of the molecule is CC\C=C/C=C\C=C/C=C\C=C\C=C/CCCCCC(=O)OCC(COC(=O)CCCCC/C=C\C=C/CCCC)OC(=O)CCCCCCCCCCCCCCCCCCC. The van der Waals surface area contributed by atoms with Crippen LogP contribution in [0.25, 0.3) is 0 Å². The summed E-state index contributed by atoms with van der Waals surface area (Å²) in [4.78, 5) is 37.9. The number of carbonyl (C=O) groups is 3. The minimum Gasteiger partial charge on any atom is -0.462 e. The van der Waals surface area contributed by atoms with Gasteiger partial charge in [0.25, 0.3) is 0 Å². The molecule has 0 spiro atoms. The first-order chi connectivity index (χ1) is 31.0. The van der Waals surface area contributed by atoms with Crippen molar-refractivity contribution in [3.8, 4) is 0 Å². The van der Waals surface area contributed by atoms with E-state index in [1.807, 2.05) is 60.8 Å². The highest BCUT2D eigenvalue weighted by Gasteiger charge is 2.19. The maximum atomic E-state index is 12.8. The molecular weight excluding hydrogens is 781 g/mol. The molecule has 0 aromatic heterocycles. The standard InChI is InChI=1S/C57H94O6/c1-4-7-10-13-16-19-22-24-26-28-30-32-35-38-41-44-47-50-56(59)62-53-54(52-61-55(58)49-46-43-40-37-34-21-18-15-12-9-6-3)63-57(60)51-48-45-42-39-36-33-31-29-27-25-23-20-17-14-11-8-5-2/h7,10,13,15-16,18-19,21-22,24,26,28,30,32,34-35,54H,4-6,8-9,11-12,14,17,20,23,25,27,29,31,33,36-53H2,1-3H3/b10-7-,16-13-,18-15-,22-19-,26-24-,30-28+,34-21-,35-32-. The first-order valence-corrected chi connectivity index (χ1v) is 25.8. The van der Waals surface area contributed by atoms with Crippen LogP contribution in [0.1, 0.15) is 226 Å². The zero-order valence-corrected chi connectivity index (χ0v) is 40.8. The average Bonchev–Trinajstić information content (AvgIpc) is 3.28. The average molecular weight is 875 g/mol. The normalized spacial score (nSPS) is 12.9. The third kappa shape index (κ3) is 49.2. The van der Waals surface area contributed by atoms with Gasteiger partial charge in [0.05, 0.1) is 0 Å². The highest BCUT2D eigenvalue weighted by Crippen LogP contribution is 2.15. The molecule has 1 atom stereocenters. The van der Waals surface area contributed by atoms with Gasteiger partial charge in [-0.05, 0) is 57.8 Å². The summed E-state index contributed by atoms with van der Waals surface area (Å²) < 4.78 is 16.7. The van der Waals surface area contributed by atoms with Crippen molar-refractivity contribution in [3.63, 3.8) is 0 Å². The topological polar surface area (TPSA) is 78.9 Å². The van der Waals surface area contributed by atoms with Crippen LogP contribution in [0.4, 0.5) is 0 Å². The summed E-state index contributed by atoms with van der Waals surface area (Å²) in [7, 11) is 0. The van der Waals surface area contributed by atoms with E-state index in [4.69, 9.17) is 14.2 Å². The Morgan fingerprint density at radius 1 is 0.333 bits per heavy atom. The molecule has 0 heterocycles. The van der Waals surface area contributed by atoms with Gasteiger partial charge in [-0.2, -0.15) is 0 Å². The molecule has 0 bridgehead atoms. The maximum Gasteiger partial charge on any atom is 0.306 e. The Morgan fingerprint density at radius 2 is 0.635 bits per heavy atom. The number of esters is 3. The lowest BCUT2D eigenvalue weighted by molar-refractivity contribution is -0.167. The second-order valence-electron chi connectivity index (χ2n) is 16.9. The molecule has 0 fully saturated rings. The lowest BCUT2D eigenvalue weighted by Crippen LogP contribution is -2.30. The third-order valence-electron chi connectivity index (χ3n) is 10.8. The van der Waals surface area contributed by atoms with Crippen LogP contribution in [-0.4, -0.2) is 37.2 Å². The molecule has 6 heteroatoms. The summed E-state index contributed by atoms with van der Waals surface area (Å²) in [5.74, 6) is -0.976. The summed E-state index contributed by atoms with van der Waals surface area (Å²) in [6.07, 6.45) is 66.8. The minimum absolute atomic E-state index is 0.106. The molecule has 0 rings (SSSR count). The van der Waals surface area contributed by atoms with E-state index in [-0.39, 0.29) is 31.1 Å². The van der Waals surface area contributed by atoms with E-state index in [1.165, 1.54) is 103 Å². The molecule has 1 unspecified atom stereocenters. The smallest absolute Gasteiger partial charge is 0.306 e. The molecule has 0 aliphatic carbocycles. The number of unbranched alkanes of at least 4 members (excludes halogenated alkanes) is 24. The van der Waals surface area contributed by atoms with Crippen LogP contribution in [0.5, 0.6) is 0 Å². The van der Waals surface area contributed by atoms with Crippen molar-refractivity contribution >= 4 is 17.9 Å². The fraction of sp³-hybridized carbons (Fsp3) is 0.667. The summed E-state index contributed by atoms with van der Waals surface area (Å²) in [5, 5.41) is 0. The third-order valence-corrected chi connectivity index (χ3v) is 10.8. The molecule has 6 nitrogen and oxygen atoms in total. The van der Waals surface area contributed by atoms with Gasteiger partial charge in [-0.1, -0.05) is 246 Å². The van der Waals surface area contributed by atoms with E-state index in [0.717, 1.165) is 83.5 Å². The zero-order chi connectivity index (χ0) is 45.8. The highest BCUT2D eigenvalue weighted by atomic mass is 16.6. The van der Waals surface area contributed by atoms with Crippen molar-refractivity contribution in [3.05, 3.63) is 97.2 Å². The van der Waals surface area contributed by atoms with Gasteiger partial charge in [-0.15, -0.1) is 0 Å². The summed E-state index contributed by atoms with van der Waals surface area (Å²) in [6.45, 7) is 6.38. The van der Waals surface area contributed by atoms with Gasteiger partial charge < -0.3 is 14.2 Å². The lowest BCUT2D eigenvalue weighted by Gasteiger charge is -2.18. The zero-order valence-electron chi connectivity index (χ0n) is 40.8. The van der Waals surface area contributed by atoms with Crippen LogP contribution in [-0.2, 0) is 28.6 Å². The van der Waals surface area contributed by atoms with E-state index in [9.17, 15) is 14.4 Å². The van der Waals surface area contributed by atoms with Gasteiger partial charge >= 0.3 is 17.9 Å². The van der Waals surface area contributed by atoms with Crippen LogP contribution in [0.2, 0.25) is 0 Å². The Hall–Kier alpha value is -3.67. The molecule has 0 aliphatic heterocycles. The van der Waals surface area contributed by atoms with E-state index in [0.29, 0.717) is 19.3 Å². The van der Waals surface area contributed by atoms with E-state index < -0.39 is 6.10 Å². The molecule has 0 saturated heterocycles. The fourth-order valence-corrected chi connectivity index (χ4v) is 6.86. The Morgan fingerprint density at radius 3 is 1.03 bits per heavy atom. The summed E-state index contributed by atoms with van der Waals surface area (Å²) in [5.41, 5.74) is 0. The molecule has 358 valence electrons. The number of carbonyl (C=O) groups excluding carboxylic acids is 3. The van der Waals surface area contributed by atoms with Gasteiger partial charge in [0, 0.05) is 19.3 Å². The number of rotatable bonds is 45. The molecule has 0 aromatic rings. The van der Waals surface area contributed by atoms with Crippen molar-refractivity contribution in [2.24, 2.45) is 0 Å². The van der Waals surface area contributed by atoms with Gasteiger partial charge in [-0.25, -0.2) is 0 Å². The number of hydrogen-bond acceptors (Lipinski definition) is 6. The lowest BCUT2D eigenvalue weighted by atomic mass is 10.0. The summed E-state index contributed by atoms with van der Waals surface area (Å²) >= 11 is 0. The maximum absolute atomic E-state index is 12.8. The summed E-state index contributed by atoms with van der Waals surface area (Å²) in [6, 6.07) is 0. The molecule has 0 saturated carbocycles. The monoisotopic (exact) mass is 875 g/mol. The van der Waals surface area contributed by atoms with Crippen LogP contribution < -0.4 is 0 Å². The van der Waals surface area contributed by atoms with Gasteiger partial charge in [0.15, 0.2) is 6.10 Å². The van der Waals surface area contributed by atoms with Crippen molar-refractivity contribution < 1.29 is 28.6 Å². The number of hydrogen-bond donors (Lipinski definition) is 0. The molecule has 0 aromatic carbocycles. The Bertz CT molecular complexity index is 1280. The van der Waals surface area contributed by atoms with Crippen LogP contribution in [0.15, 0.2) is 97.2 Å². The molecule has 0 radical (unpaired) electrons. The fourth-order valence-electron chi connectivity index (χ4n) is 6.86. The van der Waals surface area contributed by atoms with Crippen LogP contribution >= 0.6 is 0 Å². The molecule has 0 amide bonds. The predicted molar refractivity (Wildman–Crippen MR) is 270 cm³/mol. The Balaban J connectivity index is 4.47. The van der Waals surface area contributed by atoms with Crippen molar-refractivity contribution in [2.75, 3.05) is 13.2 Å². The Labute approximate surface area is 387 Å².